The molecule has 2 saturated carbocycles. The van der Waals surface area contributed by atoms with Crippen LogP contribution in [0.2, 0.25) is 36.3 Å². The Kier molecular flexibility index (Phi) is 15.4. The van der Waals surface area contributed by atoms with Crippen LogP contribution >= 0.6 is 0 Å². The van der Waals surface area contributed by atoms with Crippen LogP contribution in [0.15, 0.2) is 41.5 Å². The fourth-order valence-electron chi connectivity index (χ4n) is 11.4. The zero-order valence-electron chi connectivity index (χ0n) is 38.7. The van der Waals surface area contributed by atoms with Crippen molar-refractivity contribution in [2.24, 2.45) is 16.7 Å². The number of fused-ring (bicyclic) bond motifs is 5. The molecule has 10 nitrogen and oxygen atoms in total. The lowest BCUT2D eigenvalue weighted by atomic mass is 9.48. The molecule has 0 amide bonds. The number of rotatable bonds is 18. The van der Waals surface area contributed by atoms with E-state index in [1.807, 2.05) is 39.0 Å². The Morgan fingerprint density at radius 3 is 2.02 bits per heavy atom. The summed E-state index contributed by atoms with van der Waals surface area (Å²) in [7, 11) is -4.45. The summed E-state index contributed by atoms with van der Waals surface area (Å²) in [5, 5.41) is 10.6. The Morgan fingerprint density at radius 1 is 0.881 bits per heavy atom. The van der Waals surface area contributed by atoms with Crippen LogP contribution in [0.5, 0.6) is 0 Å². The number of hydrogen-bond donors (Lipinski definition) is 1. The summed E-state index contributed by atoms with van der Waals surface area (Å²) in [5.41, 5.74) is -0.123. The highest BCUT2D eigenvalue weighted by Crippen LogP contribution is 2.65. The molecule has 2 aliphatic carbocycles. The number of hydrogen-bond acceptors (Lipinski definition) is 10. The molecular formula is C47H78O10Si2. The van der Waals surface area contributed by atoms with Crippen molar-refractivity contribution >= 4 is 28.6 Å². The number of aliphatic hydroxyl groups excluding tert-OH is 1. The minimum atomic E-state index is -2.30. The van der Waals surface area contributed by atoms with Crippen molar-refractivity contribution in [3.63, 3.8) is 0 Å². The maximum Gasteiger partial charge on any atom is 0.338 e. The van der Waals surface area contributed by atoms with Crippen LogP contribution in [-0.2, 0) is 37.3 Å². The van der Waals surface area contributed by atoms with E-state index in [-0.39, 0.29) is 31.7 Å². The van der Waals surface area contributed by atoms with Crippen molar-refractivity contribution < 1.29 is 47.2 Å². The lowest BCUT2D eigenvalue weighted by molar-refractivity contribution is -0.347. The first-order valence-electron chi connectivity index (χ1n) is 23.0. The third-order valence-electron chi connectivity index (χ3n) is 15.2. The average molecular weight is 859 g/mol. The van der Waals surface area contributed by atoms with Gasteiger partial charge in [-0.2, -0.15) is 0 Å². The normalized spacial score (nSPS) is 32.6. The SMILES string of the molecule is CCCC(=O)OC12COC1CC(O[Si](CC)(CC)CC)[C@@]1(C)C3OC(C)(C)OC3/C(=C(\C)C(CCO)O[Si](CC)(CC)CC)C(C)(C)CC(OC(=O)c3ccccc3)C21. The number of aliphatic hydroxyl groups is 1. The van der Waals surface area contributed by atoms with Gasteiger partial charge in [-0.3, -0.25) is 4.79 Å². The second kappa shape index (κ2) is 18.8. The molecule has 59 heavy (non-hydrogen) atoms. The van der Waals surface area contributed by atoms with Crippen molar-refractivity contribution in [1.29, 1.82) is 0 Å². The van der Waals surface area contributed by atoms with Gasteiger partial charge in [0.1, 0.15) is 18.3 Å². The molecule has 0 aromatic heterocycles. The molecular weight excluding hydrogens is 781 g/mol. The van der Waals surface area contributed by atoms with Crippen molar-refractivity contribution in [3.05, 3.63) is 47.0 Å². The van der Waals surface area contributed by atoms with Crippen LogP contribution in [0.3, 0.4) is 0 Å². The third-order valence-corrected chi connectivity index (χ3v) is 24.5. The van der Waals surface area contributed by atoms with Crippen molar-refractivity contribution in [3.8, 4) is 0 Å². The summed E-state index contributed by atoms with van der Waals surface area (Å²) < 4.78 is 49.6. The third kappa shape index (κ3) is 9.13. The predicted molar refractivity (Wildman–Crippen MR) is 236 cm³/mol. The van der Waals surface area contributed by atoms with Crippen LogP contribution in [-0.4, -0.2) is 94.9 Å². The molecule has 9 atom stereocenters. The summed E-state index contributed by atoms with van der Waals surface area (Å²) in [6.45, 7) is 28.3. The van der Waals surface area contributed by atoms with E-state index in [1.165, 1.54) is 0 Å². The molecule has 2 saturated heterocycles. The number of ether oxygens (including phenoxy) is 5. The maximum atomic E-state index is 14.5. The number of carbonyl (C=O) groups excluding carboxylic acids is 2. The highest BCUT2D eigenvalue weighted by Gasteiger charge is 2.76. The minimum absolute atomic E-state index is 0.0217. The van der Waals surface area contributed by atoms with Gasteiger partial charge in [-0.05, 0) is 105 Å². The van der Waals surface area contributed by atoms with Gasteiger partial charge in [0.05, 0.1) is 36.4 Å². The molecule has 12 heteroatoms. The smallest absolute Gasteiger partial charge is 0.338 e. The van der Waals surface area contributed by atoms with Gasteiger partial charge in [-0.15, -0.1) is 0 Å². The Bertz CT molecular complexity index is 1610. The Labute approximate surface area is 358 Å². The van der Waals surface area contributed by atoms with Crippen molar-refractivity contribution in [2.75, 3.05) is 13.2 Å². The summed E-state index contributed by atoms with van der Waals surface area (Å²) in [5.74, 6) is -2.29. The first-order chi connectivity index (χ1) is 27.8. The number of benzene rings is 1. The summed E-state index contributed by atoms with van der Waals surface area (Å²) in [6.07, 6.45) is -0.812. The van der Waals surface area contributed by atoms with Gasteiger partial charge in [0.2, 0.25) is 0 Å². The van der Waals surface area contributed by atoms with Gasteiger partial charge in [-0.25, -0.2) is 4.79 Å². The standard InChI is InChI=1S/C47H78O10Si2/c1-14-24-38(49)53-47-31-51-37(47)29-36(57-59(18-5,19-6)20-7)46(13)41(47)35(52-43(50)33-25-22-21-23-26-33)30-44(9,10)39(40-42(46)55-45(11,12)54-40)32(8)34(27-28-48)56-58(15-2,16-3)17-4/h21-23,25-26,34-37,40-42,48H,14-20,24,27-31H2,1-13H3/b39-32-/t34?,35?,36?,37?,40?,41?,42?,46-,47?/m1/s1. The Balaban J connectivity index is 1.85. The van der Waals surface area contributed by atoms with Gasteiger partial charge in [0.15, 0.2) is 28.0 Å². The lowest BCUT2D eigenvalue weighted by Crippen LogP contribution is -2.79. The zero-order chi connectivity index (χ0) is 43.6. The first kappa shape index (κ1) is 48.1. The van der Waals surface area contributed by atoms with E-state index < -0.39 is 81.3 Å². The second-order valence-corrected chi connectivity index (χ2v) is 28.7. The van der Waals surface area contributed by atoms with Gasteiger partial charge in [0.25, 0.3) is 0 Å². The highest BCUT2D eigenvalue weighted by molar-refractivity contribution is 6.74. The molecule has 4 aliphatic rings. The summed E-state index contributed by atoms with van der Waals surface area (Å²) in [6, 6.07) is 14.9. The topological polar surface area (TPSA) is 119 Å². The molecule has 8 unspecified atom stereocenters. The Hall–Kier alpha value is -1.91. The largest absolute Gasteiger partial charge is 0.458 e. The van der Waals surface area contributed by atoms with E-state index in [9.17, 15) is 14.7 Å². The Morgan fingerprint density at radius 2 is 1.49 bits per heavy atom. The molecule has 1 aromatic carbocycles. The molecule has 0 radical (unpaired) electrons. The van der Waals surface area contributed by atoms with E-state index in [1.54, 1.807) is 12.1 Å². The minimum Gasteiger partial charge on any atom is -0.458 e. The fourth-order valence-corrected chi connectivity index (χ4v) is 17.3. The quantitative estimate of drug-likeness (QED) is 0.0868. The highest BCUT2D eigenvalue weighted by atomic mass is 28.4. The molecule has 4 fully saturated rings. The van der Waals surface area contributed by atoms with E-state index in [0.29, 0.717) is 31.2 Å². The summed E-state index contributed by atoms with van der Waals surface area (Å²) >= 11 is 0. The van der Waals surface area contributed by atoms with E-state index in [0.717, 1.165) is 47.4 Å². The molecule has 2 heterocycles. The number of carbonyl (C=O) groups is 2. The lowest BCUT2D eigenvalue weighted by Gasteiger charge is -2.67. The van der Waals surface area contributed by atoms with Crippen LogP contribution < -0.4 is 0 Å². The van der Waals surface area contributed by atoms with Gasteiger partial charge < -0.3 is 37.6 Å². The second-order valence-electron chi connectivity index (χ2n) is 19.2. The maximum absolute atomic E-state index is 14.5. The van der Waals surface area contributed by atoms with Gasteiger partial charge >= 0.3 is 11.9 Å². The van der Waals surface area contributed by atoms with Crippen LogP contribution in [0.1, 0.15) is 132 Å². The predicted octanol–water partition coefficient (Wildman–Crippen LogP) is 10.1. The molecule has 1 aromatic rings. The average Bonchev–Trinajstić information content (AvgIpc) is 3.52. The zero-order valence-corrected chi connectivity index (χ0v) is 40.7. The molecule has 0 spiro atoms. The molecule has 0 bridgehead atoms. The van der Waals surface area contributed by atoms with E-state index in [2.05, 4.69) is 69.2 Å². The molecule has 1 N–H and O–H groups in total. The molecule has 334 valence electrons. The van der Waals surface area contributed by atoms with Crippen molar-refractivity contribution in [1.82, 2.24) is 0 Å². The molecule has 5 rings (SSSR count). The van der Waals surface area contributed by atoms with E-state index >= 15 is 0 Å². The van der Waals surface area contributed by atoms with Crippen LogP contribution in [0.25, 0.3) is 0 Å². The van der Waals surface area contributed by atoms with Crippen LogP contribution in [0.4, 0.5) is 0 Å². The summed E-state index contributed by atoms with van der Waals surface area (Å²) in [4.78, 5) is 28.3. The van der Waals surface area contributed by atoms with E-state index in [4.69, 9.17) is 32.5 Å². The first-order valence-corrected chi connectivity index (χ1v) is 28.0. The van der Waals surface area contributed by atoms with Crippen molar-refractivity contribution in [2.45, 2.75) is 206 Å². The van der Waals surface area contributed by atoms with Gasteiger partial charge in [-0.1, -0.05) is 87.4 Å². The van der Waals surface area contributed by atoms with Crippen LogP contribution in [0, 0.1) is 16.7 Å². The van der Waals surface area contributed by atoms with Gasteiger partial charge in [0, 0.05) is 24.9 Å². The monoisotopic (exact) mass is 859 g/mol. The fraction of sp³-hybridized carbons (Fsp3) is 0.787. The molecule has 2 aliphatic heterocycles. The number of esters is 2.